The van der Waals surface area contributed by atoms with Crippen molar-refractivity contribution >= 4 is 0 Å². The number of hydrogen-bond donors (Lipinski definition) is 1. The molecule has 0 aliphatic carbocycles. The molecule has 3 nitrogen and oxygen atoms in total. The van der Waals surface area contributed by atoms with E-state index >= 15 is 0 Å². The average molecular weight is 195 g/mol. The Bertz CT molecular complexity index is 284. The minimum absolute atomic E-state index is 0.520. The van der Waals surface area contributed by atoms with Crippen molar-refractivity contribution in [2.75, 3.05) is 20.3 Å². The van der Waals surface area contributed by atoms with Gasteiger partial charge in [0.1, 0.15) is 19.0 Å². The van der Waals surface area contributed by atoms with Gasteiger partial charge in [0.15, 0.2) is 0 Å². The summed E-state index contributed by atoms with van der Waals surface area (Å²) in [6, 6.07) is 5.55. The van der Waals surface area contributed by atoms with Gasteiger partial charge in [-0.05, 0) is 24.1 Å². The second-order valence-corrected chi connectivity index (χ2v) is 2.94. The molecule has 1 radical (unpaired) electrons. The molecular weight excluding hydrogens is 180 g/mol. The van der Waals surface area contributed by atoms with Crippen LogP contribution in [0.4, 0.5) is 0 Å². The molecule has 0 atom stereocenters. The summed E-state index contributed by atoms with van der Waals surface area (Å²) >= 11 is 0. The molecule has 0 aliphatic rings. The Morgan fingerprint density at radius 3 is 2.79 bits per heavy atom. The van der Waals surface area contributed by atoms with E-state index in [0.717, 1.165) is 23.5 Å². The number of rotatable bonds is 5. The molecule has 0 saturated heterocycles. The molecule has 1 aromatic rings. The van der Waals surface area contributed by atoms with Gasteiger partial charge in [-0.2, -0.15) is 0 Å². The molecule has 0 unspecified atom stereocenters. The molecule has 0 heterocycles. The van der Waals surface area contributed by atoms with Crippen molar-refractivity contribution in [3.8, 4) is 5.75 Å². The number of aliphatic hydroxyl groups excluding tert-OH is 1. The molecular formula is C11H15O3. The van der Waals surface area contributed by atoms with Crippen LogP contribution in [0, 0.1) is 13.5 Å². The van der Waals surface area contributed by atoms with E-state index in [1.807, 2.05) is 25.1 Å². The van der Waals surface area contributed by atoms with E-state index in [2.05, 4.69) is 0 Å². The van der Waals surface area contributed by atoms with Gasteiger partial charge in [0.05, 0.1) is 6.61 Å². The third kappa shape index (κ3) is 2.72. The van der Waals surface area contributed by atoms with Crippen LogP contribution in [-0.2, 0) is 4.74 Å². The molecule has 77 valence electrons. The van der Waals surface area contributed by atoms with Gasteiger partial charge in [-0.3, -0.25) is 0 Å². The summed E-state index contributed by atoms with van der Waals surface area (Å²) in [4.78, 5) is 0. The van der Waals surface area contributed by atoms with Gasteiger partial charge in [0, 0.05) is 7.11 Å². The maximum Gasteiger partial charge on any atom is 0.122 e. The quantitative estimate of drug-likeness (QED) is 0.729. The van der Waals surface area contributed by atoms with E-state index in [1.165, 1.54) is 0 Å². The largest absolute Gasteiger partial charge is 0.491 e. The monoisotopic (exact) mass is 195 g/mol. The van der Waals surface area contributed by atoms with E-state index in [9.17, 15) is 0 Å². The second kappa shape index (κ2) is 5.62. The zero-order chi connectivity index (χ0) is 10.4. The smallest absolute Gasteiger partial charge is 0.122 e. The van der Waals surface area contributed by atoms with Crippen molar-refractivity contribution < 1.29 is 14.6 Å². The van der Waals surface area contributed by atoms with Gasteiger partial charge < -0.3 is 14.6 Å². The predicted octanol–water partition coefficient (Wildman–Crippen LogP) is 1.90. The number of methoxy groups -OCH3 is 1. The fourth-order valence-electron chi connectivity index (χ4n) is 1.16. The molecule has 0 bridgehead atoms. The van der Waals surface area contributed by atoms with Gasteiger partial charge >= 0.3 is 0 Å². The lowest BCUT2D eigenvalue weighted by molar-refractivity contribution is 0.146. The summed E-state index contributed by atoms with van der Waals surface area (Å²) in [5.41, 5.74) is 1.71. The normalized spacial score (nSPS) is 10.2. The van der Waals surface area contributed by atoms with Gasteiger partial charge in [-0.1, -0.05) is 12.1 Å². The van der Waals surface area contributed by atoms with Gasteiger partial charge in [-0.15, -0.1) is 0 Å². The average Bonchev–Trinajstić information content (AvgIpc) is 2.21. The lowest BCUT2D eigenvalue weighted by Gasteiger charge is -2.10. The van der Waals surface area contributed by atoms with Crippen LogP contribution in [0.15, 0.2) is 18.2 Å². The van der Waals surface area contributed by atoms with E-state index in [1.54, 1.807) is 7.11 Å². The number of hydrogen-bond acceptors (Lipinski definition) is 3. The molecule has 1 rings (SSSR count). The summed E-state index contributed by atoms with van der Waals surface area (Å²) in [7, 11) is 1.63. The van der Waals surface area contributed by atoms with E-state index in [4.69, 9.17) is 14.6 Å². The van der Waals surface area contributed by atoms with Crippen molar-refractivity contribution in [3.63, 3.8) is 0 Å². The topological polar surface area (TPSA) is 38.7 Å². The Morgan fingerprint density at radius 1 is 1.36 bits per heavy atom. The fraction of sp³-hybridized carbons (Fsp3) is 0.364. The highest BCUT2D eigenvalue weighted by atomic mass is 16.5. The maximum absolute atomic E-state index is 8.91. The summed E-state index contributed by atoms with van der Waals surface area (Å²) in [5.74, 6) is 0.782. The fourth-order valence-corrected chi connectivity index (χ4v) is 1.16. The standard InChI is InChI=1S/C11H15O3/c1-9-10(8-12)4-3-5-11(9)14-7-6-13-2/h3-5,8,12H,6-7H2,1-2H3. The molecule has 14 heavy (non-hydrogen) atoms. The second-order valence-electron chi connectivity index (χ2n) is 2.94. The van der Waals surface area contributed by atoms with Crippen LogP contribution in [0.5, 0.6) is 5.75 Å². The highest BCUT2D eigenvalue weighted by Crippen LogP contribution is 2.21. The molecule has 1 N–H and O–H groups in total. The summed E-state index contributed by atoms with van der Waals surface area (Å²) in [6.45, 7) is 4.07. The Morgan fingerprint density at radius 2 is 2.14 bits per heavy atom. The highest BCUT2D eigenvalue weighted by molar-refractivity contribution is 5.41. The van der Waals surface area contributed by atoms with Crippen LogP contribution in [0.2, 0.25) is 0 Å². The Hall–Kier alpha value is -1.06. The van der Waals surface area contributed by atoms with Gasteiger partial charge in [0.25, 0.3) is 0 Å². The first-order valence-corrected chi connectivity index (χ1v) is 4.48. The molecule has 0 aliphatic heterocycles. The van der Waals surface area contributed by atoms with Crippen LogP contribution in [-0.4, -0.2) is 25.4 Å². The first-order valence-electron chi connectivity index (χ1n) is 4.48. The van der Waals surface area contributed by atoms with Gasteiger partial charge in [-0.25, -0.2) is 0 Å². The zero-order valence-corrected chi connectivity index (χ0v) is 8.49. The van der Waals surface area contributed by atoms with Crippen LogP contribution in [0.3, 0.4) is 0 Å². The van der Waals surface area contributed by atoms with Crippen molar-refractivity contribution in [2.45, 2.75) is 6.92 Å². The third-order valence-corrected chi connectivity index (χ3v) is 2.01. The number of benzene rings is 1. The van der Waals surface area contributed by atoms with E-state index in [0.29, 0.717) is 13.2 Å². The van der Waals surface area contributed by atoms with E-state index < -0.39 is 0 Å². The Balaban J connectivity index is 2.66. The van der Waals surface area contributed by atoms with Crippen molar-refractivity contribution in [1.82, 2.24) is 0 Å². The molecule has 0 aromatic heterocycles. The van der Waals surface area contributed by atoms with Crippen LogP contribution >= 0.6 is 0 Å². The van der Waals surface area contributed by atoms with E-state index in [-0.39, 0.29) is 0 Å². The number of aliphatic hydroxyl groups is 1. The molecule has 0 spiro atoms. The Kier molecular flexibility index (Phi) is 4.43. The summed E-state index contributed by atoms with van der Waals surface area (Å²) in [6.07, 6.45) is 0. The molecule has 3 heteroatoms. The van der Waals surface area contributed by atoms with Crippen LogP contribution in [0.25, 0.3) is 0 Å². The summed E-state index contributed by atoms with van der Waals surface area (Å²) < 4.78 is 10.3. The maximum atomic E-state index is 8.91. The molecule has 1 aromatic carbocycles. The zero-order valence-electron chi connectivity index (χ0n) is 8.49. The van der Waals surface area contributed by atoms with Crippen molar-refractivity contribution in [1.29, 1.82) is 0 Å². The van der Waals surface area contributed by atoms with Crippen LogP contribution < -0.4 is 4.74 Å². The first-order chi connectivity index (χ1) is 6.79. The lowest BCUT2D eigenvalue weighted by atomic mass is 10.1. The lowest BCUT2D eigenvalue weighted by Crippen LogP contribution is -2.05. The summed E-state index contributed by atoms with van der Waals surface area (Å²) in [5, 5.41) is 8.91. The van der Waals surface area contributed by atoms with Crippen molar-refractivity contribution in [2.24, 2.45) is 0 Å². The minimum atomic E-state index is 0.520. The molecule has 0 saturated carbocycles. The van der Waals surface area contributed by atoms with Gasteiger partial charge in [0.2, 0.25) is 0 Å². The highest BCUT2D eigenvalue weighted by Gasteiger charge is 2.03. The first kappa shape index (κ1) is 11.0. The Labute approximate surface area is 84.3 Å². The minimum Gasteiger partial charge on any atom is -0.491 e. The number of ether oxygens (including phenoxy) is 2. The van der Waals surface area contributed by atoms with Crippen LogP contribution in [0.1, 0.15) is 11.1 Å². The molecule has 0 amide bonds. The van der Waals surface area contributed by atoms with Crippen molar-refractivity contribution in [3.05, 3.63) is 35.9 Å². The SMILES string of the molecule is COCCOc1cccc([CH]O)c1C. The predicted molar refractivity (Wildman–Crippen MR) is 53.9 cm³/mol. The third-order valence-electron chi connectivity index (χ3n) is 2.01. The molecule has 0 fully saturated rings.